The topological polar surface area (TPSA) is 64.1 Å². The van der Waals surface area contributed by atoms with Gasteiger partial charge in [0.15, 0.2) is 11.7 Å². The zero-order chi connectivity index (χ0) is 21.8. The second-order valence-electron chi connectivity index (χ2n) is 6.98. The third-order valence-electron chi connectivity index (χ3n) is 5.07. The van der Waals surface area contributed by atoms with Gasteiger partial charge >= 0.3 is 0 Å². The van der Waals surface area contributed by atoms with Crippen molar-refractivity contribution in [1.82, 2.24) is 9.88 Å². The van der Waals surface area contributed by atoms with Crippen molar-refractivity contribution in [2.75, 3.05) is 51.4 Å². The van der Waals surface area contributed by atoms with Crippen LogP contribution in [-0.4, -0.2) is 62.3 Å². The number of ether oxygens (including phenoxy) is 3. The highest BCUT2D eigenvalue weighted by Crippen LogP contribution is 2.38. The molecule has 3 aromatic rings. The molecule has 2 heterocycles. The first-order valence-corrected chi connectivity index (χ1v) is 11.3. The van der Waals surface area contributed by atoms with Crippen molar-refractivity contribution in [2.24, 2.45) is 0 Å². The maximum Gasteiger partial charge on any atom is 0.260 e. The van der Waals surface area contributed by atoms with Gasteiger partial charge in [-0.3, -0.25) is 4.79 Å². The van der Waals surface area contributed by atoms with E-state index in [2.05, 4.69) is 4.90 Å². The lowest BCUT2D eigenvalue weighted by molar-refractivity contribution is -0.133. The number of hydrogen-bond donors (Lipinski definition) is 0. The Hall–Kier alpha value is -2.71. The van der Waals surface area contributed by atoms with Gasteiger partial charge in [0.05, 0.1) is 23.4 Å². The van der Waals surface area contributed by atoms with Crippen LogP contribution < -0.4 is 19.1 Å². The second kappa shape index (κ2) is 9.62. The number of hydrogen-bond acceptors (Lipinski definition) is 7. The highest BCUT2D eigenvalue weighted by atomic mass is 35.5. The maximum absolute atomic E-state index is 12.6. The number of benzene rings is 2. The van der Waals surface area contributed by atoms with Crippen LogP contribution in [0.4, 0.5) is 5.13 Å². The minimum Gasteiger partial charge on any atom is -0.494 e. The number of nitrogens with zero attached hydrogens (tertiary/aromatic N) is 3. The third kappa shape index (κ3) is 4.80. The quantitative estimate of drug-likeness (QED) is 0.528. The zero-order valence-corrected chi connectivity index (χ0v) is 19.0. The summed E-state index contributed by atoms with van der Waals surface area (Å²) in [5.41, 5.74) is 0.775. The molecule has 1 saturated heterocycles. The molecule has 0 bridgehead atoms. The first kappa shape index (κ1) is 21.5. The van der Waals surface area contributed by atoms with E-state index in [0.29, 0.717) is 49.3 Å². The molecular formula is C22H24ClN3O4S. The normalized spacial score (nSPS) is 14.0. The monoisotopic (exact) mass is 461 g/mol. The fourth-order valence-corrected chi connectivity index (χ4v) is 4.73. The largest absolute Gasteiger partial charge is 0.494 e. The van der Waals surface area contributed by atoms with Crippen LogP contribution in [0.2, 0.25) is 5.02 Å². The molecule has 4 rings (SSSR count). The van der Waals surface area contributed by atoms with Gasteiger partial charge in [-0.15, -0.1) is 0 Å². The molecule has 1 aromatic heterocycles. The Morgan fingerprint density at radius 2 is 1.74 bits per heavy atom. The molecule has 0 saturated carbocycles. The number of methoxy groups -OCH3 is 1. The number of carbonyl (C=O) groups is 1. The van der Waals surface area contributed by atoms with Gasteiger partial charge < -0.3 is 24.0 Å². The summed E-state index contributed by atoms with van der Waals surface area (Å²) in [6.45, 7) is 5.21. The first-order chi connectivity index (χ1) is 15.1. The second-order valence-corrected chi connectivity index (χ2v) is 8.37. The number of thiazole rings is 1. The molecule has 7 nitrogen and oxygen atoms in total. The summed E-state index contributed by atoms with van der Waals surface area (Å²) in [4.78, 5) is 21.3. The van der Waals surface area contributed by atoms with Crippen molar-refractivity contribution >= 4 is 44.2 Å². The Morgan fingerprint density at radius 1 is 1.06 bits per heavy atom. The predicted molar refractivity (Wildman–Crippen MR) is 123 cm³/mol. The lowest BCUT2D eigenvalue weighted by Gasteiger charge is -2.34. The van der Waals surface area contributed by atoms with E-state index < -0.39 is 0 Å². The van der Waals surface area contributed by atoms with Crippen molar-refractivity contribution in [3.63, 3.8) is 0 Å². The molecule has 0 aliphatic carbocycles. The first-order valence-electron chi connectivity index (χ1n) is 10.1. The maximum atomic E-state index is 12.6. The molecule has 164 valence electrons. The van der Waals surface area contributed by atoms with E-state index in [9.17, 15) is 4.79 Å². The van der Waals surface area contributed by atoms with Crippen molar-refractivity contribution in [1.29, 1.82) is 0 Å². The third-order valence-corrected chi connectivity index (χ3v) is 6.64. The zero-order valence-electron chi connectivity index (χ0n) is 17.5. The Morgan fingerprint density at radius 3 is 2.39 bits per heavy atom. The number of halogens is 1. The molecule has 2 aromatic carbocycles. The number of anilines is 1. The molecule has 1 fully saturated rings. The highest BCUT2D eigenvalue weighted by Gasteiger charge is 2.24. The van der Waals surface area contributed by atoms with Crippen LogP contribution in [0, 0.1) is 0 Å². The molecule has 1 aliphatic heterocycles. The molecule has 0 spiro atoms. The lowest BCUT2D eigenvalue weighted by Crippen LogP contribution is -2.50. The average molecular weight is 462 g/mol. The predicted octanol–water partition coefficient (Wildman–Crippen LogP) is 4.08. The van der Waals surface area contributed by atoms with Gasteiger partial charge in [0.1, 0.15) is 22.8 Å². The fourth-order valence-electron chi connectivity index (χ4n) is 3.42. The van der Waals surface area contributed by atoms with Gasteiger partial charge in [-0.25, -0.2) is 4.98 Å². The summed E-state index contributed by atoms with van der Waals surface area (Å²) >= 11 is 7.88. The molecule has 9 heteroatoms. The van der Waals surface area contributed by atoms with Crippen LogP contribution in [0.1, 0.15) is 6.92 Å². The van der Waals surface area contributed by atoms with E-state index >= 15 is 0 Å². The summed E-state index contributed by atoms with van der Waals surface area (Å²) in [5.74, 6) is 2.12. The van der Waals surface area contributed by atoms with Gasteiger partial charge in [-0.2, -0.15) is 0 Å². The molecule has 0 unspecified atom stereocenters. The highest BCUT2D eigenvalue weighted by molar-refractivity contribution is 7.22. The van der Waals surface area contributed by atoms with Crippen LogP contribution in [0.3, 0.4) is 0 Å². The standard InChI is InChI=1S/C22H24ClN3O4S/c1-3-29-15-4-6-16(7-5-15)30-14-19(27)25-10-12-26(13-11-25)22-24-20-18(28-2)9-8-17(23)21(20)31-22/h4-9H,3,10-14H2,1-2H3. The molecule has 31 heavy (non-hydrogen) atoms. The number of amides is 1. The van der Waals surface area contributed by atoms with E-state index in [1.165, 1.54) is 0 Å². The Balaban J connectivity index is 1.32. The molecule has 0 atom stereocenters. The average Bonchev–Trinajstić information content (AvgIpc) is 3.25. The van der Waals surface area contributed by atoms with Crippen LogP contribution in [0.5, 0.6) is 17.2 Å². The number of aromatic nitrogens is 1. The number of fused-ring (bicyclic) bond motifs is 1. The minimum absolute atomic E-state index is 0.0158. The number of piperazine rings is 1. The van der Waals surface area contributed by atoms with Crippen molar-refractivity contribution in [3.05, 3.63) is 41.4 Å². The van der Waals surface area contributed by atoms with E-state index in [1.807, 2.05) is 48.2 Å². The summed E-state index contributed by atoms with van der Waals surface area (Å²) in [6, 6.07) is 10.9. The van der Waals surface area contributed by atoms with Gasteiger partial charge in [-0.1, -0.05) is 22.9 Å². The van der Waals surface area contributed by atoms with Gasteiger partial charge in [0, 0.05) is 26.2 Å². The van der Waals surface area contributed by atoms with Crippen molar-refractivity contribution < 1.29 is 19.0 Å². The van der Waals surface area contributed by atoms with E-state index in [1.54, 1.807) is 18.4 Å². The Labute approximate surface area is 190 Å². The van der Waals surface area contributed by atoms with Crippen molar-refractivity contribution in [2.45, 2.75) is 6.92 Å². The van der Waals surface area contributed by atoms with Gasteiger partial charge in [-0.05, 0) is 43.3 Å². The van der Waals surface area contributed by atoms with Gasteiger partial charge in [0.25, 0.3) is 5.91 Å². The summed E-state index contributed by atoms with van der Waals surface area (Å²) in [7, 11) is 1.63. The fraction of sp³-hybridized carbons (Fsp3) is 0.364. The molecule has 0 radical (unpaired) electrons. The van der Waals surface area contributed by atoms with Crippen LogP contribution in [-0.2, 0) is 4.79 Å². The van der Waals surface area contributed by atoms with Crippen LogP contribution in [0.25, 0.3) is 10.2 Å². The van der Waals surface area contributed by atoms with Gasteiger partial charge in [0.2, 0.25) is 0 Å². The SMILES string of the molecule is CCOc1ccc(OCC(=O)N2CCN(c3nc4c(OC)ccc(Cl)c4s3)CC2)cc1. The minimum atomic E-state index is -0.0254. The Kier molecular flexibility index (Phi) is 6.67. The molecule has 0 N–H and O–H groups in total. The molecule has 1 amide bonds. The Bertz CT molecular complexity index is 1050. The summed E-state index contributed by atoms with van der Waals surface area (Å²) in [5, 5.41) is 1.55. The summed E-state index contributed by atoms with van der Waals surface area (Å²) < 4.78 is 17.4. The number of rotatable bonds is 7. The summed E-state index contributed by atoms with van der Waals surface area (Å²) in [6.07, 6.45) is 0. The van der Waals surface area contributed by atoms with E-state index in [4.69, 9.17) is 30.8 Å². The van der Waals surface area contributed by atoms with E-state index in [-0.39, 0.29) is 12.5 Å². The van der Waals surface area contributed by atoms with Crippen molar-refractivity contribution in [3.8, 4) is 17.2 Å². The number of carbonyl (C=O) groups excluding carboxylic acids is 1. The van der Waals surface area contributed by atoms with E-state index in [0.717, 1.165) is 21.1 Å². The molecular weight excluding hydrogens is 438 g/mol. The smallest absolute Gasteiger partial charge is 0.260 e. The van der Waals surface area contributed by atoms with Crippen LogP contribution >= 0.6 is 22.9 Å². The van der Waals surface area contributed by atoms with Crippen LogP contribution in [0.15, 0.2) is 36.4 Å². The lowest BCUT2D eigenvalue weighted by atomic mass is 10.3. The molecule has 1 aliphatic rings.